The third-order valence-electron chi connectivity index (χ3n) is 4.06. The lowest BCUT2D eigenvalue weighted by Gasteiger charge is -2.28. The number of pyridine rings is 1. The first-order chi connectivity index (χ1) is 10.4. The highest BCUT2D eigenvalue weighted by Crippen LogP contribution is 2.29. The Morgan fingerprint density at radius 1 is 1.33 bits per heavy atom. The molecule has 4 nitrogen and oxygen atoms in total. The van der Waals surface area contributed by atoms with E-state index in [9.17, 15) is 0 Å². The summed E-state index contributed by atoms with van der Waals surface area (Å²) in [5.74, 6) is 1.12. The first-order valence-corrected chi connectivity index (χ1v) is 8.15. The summed E-state index contributed by atoms with van der Waals surface area (Å²) >= 11 is 1.88. The number of aromatic nitrogens is 2. The first kappa shape index (κ1) is 12.9. The number of hydrogen-bond acceptors (Lipinski definition) is 4. The second-order valence-electron chi connectivity index (χ2n) is 5.38. The van der Waals surface area contributed by atoms with E-state index in [1.807, 2.05) is 24.5 Å². The number of imidazole rings is 1. The van der Waals surface area contributed by atoms with Crippen LogP contribution in [0.2, 0.25) is 0 Å². The zero-order valence-electron chi connectivity index (χ0n) is 12.0. The fourth-order valence-corrected chi connectivity index (χ4v) is 3.94. The highest BCUT2D eigenvalue weighted by molar-refractivity contribution is 7.10. The standard InChI is InChI=1S/C16H18N4S/c1-17-10-13-16(18-15-4-2-3-7-20(13)15)19-8-5-14-12(11-19)6-9-21-14/h2-4,6-7,9,17H,5,8,10-11H2,1H3. The molecule has 4 rings (SSSR count). The molecule has 0 spiro atoms. The van der Waals surface area contributed by atoms with E-state index in [1.54, 1.807) is 0 Å². The van der Waals surface area contributed by atoms with Crippen LogP contribution in [0.3, 0.4) is 0 Å². The summed E-state index contributed by atoms with van der Waals surface area (Å²) in [7, 11) is 1.99. The quantitative estimate of drug-likeness (QED) is 0.807. The SMILES string of the molecule is CNCc1c(N2CCc3sccc3C2)nc2ccccn12. The summed E-state index contributed by atoms with van der Waals surface area (Å²) in [6.45, 7) is 2.85. The molecule has 0 unspecified atom stereocenters. The van der Waals surface area contributed by atoms with Crippen molar-refractivity contribution in [3.8, 4) is 0 Å². The van der Waals surface area contributed by atoms with Crippen LogP contribution in [0.25, 0.3) is 5.65 Å². The van der Waals surface area contributed by atoms with Gasteiger partial charge in [-0.25, -0.2) is 4.98 Å². The highest BCUT2D eigenvalue weighted by atomic mass is 32.1. The highest BCUT2D eigenvalue weighted by Gasteiger charge is 2.22. The van der Waals surface area contributed by atoms with Gasteiger partial charge in [-0.3, -0.25) is 0 Å². The van der Waals surface area contributed by atoms with Crippen LogP contribution in [0.1, 0.15) is 16.1 Å². The van der Waals surface area contributed by atoms with Crippen LogP contribution in [0.4, 0.5) is 5.82 Å². The van der Waals surface area contributed by atoms with Crippen LogP contribution >= 0.6 is 11.3 Å². The maximum Gasteiger partial charge on any atom is 0.152 e. The monoisotopic (exact) mass is 298 g/mol. The Balaban J connectivity index is 1.78. The van der Waals surface area contributed by atoms with Gasteiger partial charge in [0.05, 0.1) is 5.69 Å². The van der Waals surface area contributed by atoms with Gasteiger partial charge in [0.25, 0.3) is 0 Å². The van der Waals surface area contributed by atoms with Crippen LogP contribution < -0.4 is 10.2 Å². The molecule has 3 aromatic heterocycles. The topological polar surface area (TPSA) is 32.6 Å². The minimum Gasteiger partial charge on any atom is -0.350 e. The number of nitrogens with zero attached hydrogens (tertiary/aromatic N) is 3. The van der Waals surface area contributed by atoms with Gasteiger partial charge in [0, 0.05) is 30.7 Å². The summed E-state index contributed by atoms with van der Waals surface area (Å²) in [6, 6.07) is 8.43. The summed E-state index contributed by atoms with van der Waals surface area (Å²) in [4.78, 5) is 8.81. The smallest absolute Gasteiger partial charge is 0.152 e. The van der Waals surface area contributed by atoms with Crippen molar-refractivity contribution >= 4 is 22.8 Å². The van der Waals surface area contributed by atoms with Crippen molar-refractivity contribution in [1.29, 1.82) is 0 Å². The third kappa shape index (κ3) is 2.13. The average Bonchev–Trinajstić information content (AvgIpc) is 3.11. The second-order valence-corrected chi connectivity index (χ2v) is 6.38. The lowest BCUT2D eigenvalue weighted by molar-refractivity contribution is 0.714. The maximum atomic E-state index is 4.86. The van der Waals surface area contributed by atoms with Gasteiger partial charge >= 0.3 is 0 Å². The fraction of sp³-hybridized carbons (Fsp3) is 0.312. The predicted molar refractivity (Wildman–Crippen MR) is 87.0 cm³/mol. The zero-order chi connectivity index (χ0) is 14.2. The van der Waals surface area contributed by atoms with Crippen molar-refractivity contribution < 1.29 is 0 Å². The normalized spacial score (nSPS) is 14.6. The minimum atomic E-state index is 0.827. The molecular weight excluding hydrogens is 280 g/mol. The number of anilines is 1. The Bertz CT molecular complexity index is 774. The Morgan fingerprint density at radius 2 is 2.29 bits per heavy atom. The fourth-order valence-electron chi connectivity index (χ4n) is 3.05. The Morgan fingerprint density at radius 3 is 3.19 bits per heavy atom. The number of fused-ring (bicyclic) bond motifs is 2. The molecule has 0 bridgehead atoms. The molecule has 4 heterocycles. The minimum absolute atomic E-state index is 0.827. The average molecular weight is 298 g/mol. The molecule has 0 aromatic carbocycles. The van der Waals surface area contributed by atoms with E-state index in [0.29, 0.717) is 0 Å². The molecule has 0 atom stereocenters. The van der Waals surface area contributed by atoms with E-state index in [-0.39, 0.29) is 0 Å². The van der Waals surface area contributed by atoms with Gasteiger partial charge in [-0.1, -0.05) is 6.07 Å². The van der Waals surface area contributed by atoms with Crippen molar-refractivity contribution in [3.63, 3.8) is 0 Å². The van der Waals surface area contributed by atoms with Crippen molar-refractivity contribution in [2.75, 3.05) is 18.5 Å². The van der Waals surface area contributed by atoms with Crippen molar-refractivity contribution in [2.45, 2.75) is 19.5 Å². The van der Waals surface area contributed by atoms with Crippen molar-refractivity contribution in [3.05, 3.63) is 52.0 Å². The summed E-state index contributed by atoms with van der Waals surface area (Å²) in [5, 5.41) is 5.47. The molecule has 3 aromatic rings. The molecule has 0 saturated carbocycles. The Hall–Kier alpha value is -1.85. The van der Waals surface area contributed by atoms with Crippen molar-refractivity contribution in [1.82, 2.24) is 14.7 Å². The summed E-state index contributed by atoms with van der Waals surface area (Å²) in [5.41, 5.74) is 3.72. The van der Waals surface area contributed by atoms with Gasteiger partial charge in [0.15, 0.2) is 5.82 Å². The Labute approximate surface area is 128 Å². The molecule has 0 radical (unpaired) electrons. The molecule has 0 saturated heterocycles. The summed E-state index contributed by atoms with van der Waals surface area (Å²) in [6.07, 6.45) is 3.22. The molecule has 21 heavy (non-hydrogen) atoms. The van der Waals surface area contributed by atoms with E-state index in [0.717, 1.165) is 37.5 Å². The van der Waals surface area contributed by atoms with Gasteiger partial charge in [-0.2, -0.15) is 0 Å². The molecule has 0 amide bonds. The number of hydrogen-bond donors (Lipinski definition) is 1. The number of thiophene rings is 1. The largest absolute Gasteiger partial charge is 0.350 e. The van der Waals surface area contributed by atoms with E-state index in [2.05, 4.69) is 44.4 Å². The molecule has 0 fully saturated rings. The predicted octanol–water partition coefficient (Wildman–Crippen LogP) is 2.68. The number of nitrogens with one attached hydrogen (secondary N) is 1. The second kappa shape index (κ2) is 5.16. The van der Waals surface area contributed by atoms with Gasteiger partial charge in [0.1, 0.15) is 5.65 Å². The van der Waals surface area contributed by atoms with Gasteiger partial charge in [-0.15, -0.1) is 11.3 Å². The molecule has 108 valence electrons. The van der Waals surface area contributed by atoms with Gasteiger partial charge in [-0.05, 0) is 42.6 Å². The maximum absolute atomic E-state index is 4.86. The van der Waals surface area contributed by atoms with E-state index in [1.165, 1.54) is 16.1 Å². The lowest BCUT2D eigenvalue weighted by atomic mass is 10.1. The molecule has 0 aliphatic carbocycles. The summed E-state index contributed by atoms with van der Waals surface area (Å²) < 4.78 is 2.19. The third-order valence-corrected chi connectivity index (χ3v) is 5.08. The molecule has 1 N–H and O–H groups in total. The van der Waals surface area contributed by atoms with Gasteiger partial charge < -0.3 is 14.6 Å². The molecule has 1 aliphatic rings. The van der Waals surface area contributed by atoms with Crippen LogP contribution in [-0.2, 0) is 19.5 Å². The zero-order valence-corrected chi connectivity index (χ0v) is 12.9. The van der Waals surface area contributed by atoms with E-state index < -0.39 is 0 Å². The van der Waals surface area contributed by atoms with Crippen LogP contribution in [0, 0.1) is 0 Å². The first-order valence-electron chi connectivity index (χ1n) is 7.27. The molecule has 1 aliphatic heterocycles. The van der Waals surface area contributed by atoms with E-state index >= 15 is 0 Å². The molecule has 5 heteroatoms. The van der Waals surface area contributed by atoms with Crippen LogP contribution in [-0.4, -0.2) is 23.0 Å². The lowest BCUT2D eigenvalue weighted by Crippen LogP contribution is -2.31. The number of rotatable bonds is 3. The van der Waals surface area contributed by atoms with Crippen LogP contribution in [0.15, 0.2) is 35.8 Å². The van der Waals surface area contributed by atoms with Crippen LogP contribution in [0.5, 0.6) is 0 Å². The molecular formula is C16H18N4S. The van der Waals surface area contributed by atoms with Gasteiger partial charge in [0.2, 0.25) is 0 Å². The van der Waals surface area contributed by atoms with Crippen molar-refractivity contribution in [2.24, 2.45) is 0 Å². The Kier molecular flexibility index (Phi) is 3.16. The van der Waals surface area contributed by atoms with E-state index in [4.69, 9.17) is 4.98 Å².